The molecular weight excluding hydrogens is 294 g/mol. The fourth-order valence-corrected chi connectivity index (χ4v) is 2.47. The van der Waals surface area contributed by atoms with E-state index in [0.717, 1.165) is 17.0 Å². The topological polar surface area (TPSA) is 75.3 Å². The molecule has 0 unspecified atom stereocenters. The summed E-state index contributed by atoms with van der Waals surface area (Å²) in [5.41, 5.74) is 2.05. The van der Waals surface area contributed by atoms with Crippen molar-refractivity contribution in [1.82, 2.24) is 25.3 Å². The molecule has 2 N–H and O–H groups in total. The summed E-state index contributed by atoms with van der Waals surface area (Å²) in [6.07, 6.45) is 3.42. The van der Waals surface area contributed by atoms with Gasteiger partial charge in [-0.15, -0.1) is 0 Å². The van der Waals surface area contributed by atoms with E-state index in [2.05, 4.69) is 15.7 Å². The van der Waals surface area contributed by atoms with Crippen molar-refractivity contribution in [1.29, 1.82) is 0 Å². The van der Waals surface area contributed by atoms with E-state index in [4.69, 9.17) is 4.42 Å². The lowest BCUT2D eigenvalue weighted by Gasteiger charge is -2.23. The number of nitrogens with one attached hydrogen (secondary N) is 2. The first-order valence-corrected chi connectivity index (χ1v) is 7.62. The van der Waals surface area contributed by atoms with E-state index in [-0.39, 0.29) is 18.1 Å². The van der Waals surface area contributed by atoms with Crippen LogP contribution in [0.4, 0.5) is 4.79 Å². The highest BCUT2D eigenvalue weighted by Crippen LogP contribution is 2.18. The van der Waals surface area contributed by atoms with Crippen molar-refractivity contribution in [2.45, 2.75) is 25.9 Å². The fourth-order valence-electron chi connectivity index (χ4n) is 2.47. The van der Waals surface area contributed by atoms with Gasteiger partial charge < -0.3 is 15.1 Å². The van der Waals surface area contributed by atoms with E-state index in [1.54, 1.807) is 17.1 Å². The van der Waals surface area contributed by atoms with Gasteiger partial charge in [0, 0.05) is 24.8 Å². The number of aromatic nitrogens is 2. The van der Waals surface area contributed by atoms with Crippen molar-refractivity contribution >= 4 is 6.03 Å². The minimum atomic E-state index is -0.209. The van der Waals surface area contributed by atoms with Crippen molar-refractivity contribution in [2.24, 2.45) is 7.05 Å². The van der Waals surface area contributed by atoms with Crippen LogP contribution in [0.25, 0.3) is 0 Å². The van der Waals surface area contributed by atoms with Crippen LogP contribution in [0, 0.1) is 6.92 Å². The molecule has 2 atom stereocenters. The Morgan fingerprint density at radius 3 is 2.74 bits per heavy atom. The van der Waals surface area contributed by atoms with Crippen molar-refractivity contribution in [3.63, 3.8) is 0 Å². The Labute approximate surface area is 136 Å². The summed E-state index contributed by atoms with van der Waals surface area (Å²) < 4.78 is 7.23. The lowest BCUT2D eigenvalue weighted by molar-refractivity contribution is 0.223. The minimum Gasteiger partial charge on any atom is -0.468 e. The number of carbonyl (C=O) groups excluding carboxylic acids is 1. The van der Waals surface area contributed by atoms with Crippen LogP contribution in [0.2, 0.25) is 0 Å². The van der Waals surface area contributed by atoms with Crippen LogP contribution in [0.5, 0.6) is 0 Å². The Hall–Kier alpha value is -2.28. The average molecular weight is 319 g/mol. The highest BCUT2D eigenvalue weighted by Gasteiger charge is 2.19. The largest absolute Gasteiger partial charge is 0.468 e. The molecule has 2 aromatic heterocycles. The van der Waals surface area contributed by atoms with Gasteiger partial charge in [0.2, 0.25) is 0 Å². The molecule has 0 aromatic carbocycles. The van der Waals surface area contributed by atoms with Gasteiger partial charge >= 0.3 is 6.03 Å². The number of amides is 2. The van der Waals surface area contributed by atoms with E-state index in [1.165, 1.54) is 0 Å². The number of carbonyl (C=O) groups is 1. The molecule has 2 aromatic rings. The maximum atomic E-state index is 12.1. The van der Waals surface area contributed by atoms with Crippen molar-refractivity contribution in [3.05, 3.63) is 41.6 Å². The predicted molar refractivity (Wildman–Crippen MR) is 88.0 cm³/mol. The highest BCUT2D eigenvalue weighted by atomic mass is 16.3. The van der Waals surface area contributed by atoms with Crippen LogP contribution in [-0.2, 0) is 7.05 Å². The van der Waals surface area contributed by atoms with Gasteiger partial charge in [-0.05, 0) is 40.1 Å². The van der Waals surface area contributed by atoms with Crippen LogP contribution in [0.15, 0.2) is 29.0 Å². The number of likely N-dealkylation sites (N-methyl/N-ethyl adjacent to an activating group) is 1. The number of hydrogen-bond acceptors (Lipinski definition) is 4. The molecule has 7 heteroatoms. The quantitative estimate of drug-likeness (QED) is 0.854. The zero-order valence-electron chi connectivity index (χ0n) is 14.3. The lowest BCUT2D eigenvalue weighted by atomic mass is 10.1. The number of urea groups is 1. The SMILES string of the molecule is Cc1c([C@H](C)NC(=O)NC[C@@H](c2ccco2)N(C)C)cnn1C. The first kappa shape index (κ1) is 17.1. The number of rotatable bonds is 6. The summed E-state index contributed by atoms with van der Waals surface area (Å²) in [7, 11) is 5.79. The number of hydrogen-bond donors (Lipinski definition) is 2. The third kappa shape index (κ3) is 4.13. The first-order chi connectivity index (χ1) is 10.9. The van der Waals surface area contributed by atoms with E-state index < -0.39 is 0 Å². The van der Waals surface area contributed by atoms with Gasteiger partial charge in [0.15, 0.2) is 0 Å². The van der Waals surface area contributed by atoms with Crippen molar-refractivity contribution in [2.75, 3.05) is 20.6 Å². The first-order valence-electron chi connectivity index (χ1n) is 7.62. The third-order valence-corrected chi connectivity index (χ3v) is 4.04. The minimum absolute atomic E-state index is 0.00816. The zero-order chi connectivity index (χ0) is 17.0. The van der Waals surface area contributed by atoms with E-state index in [9.17, 15) is 4.79 Å². The van der Waals surface area contributed by atoms with Gasteiger partial charge in [-0.25, -0.2) is 4.79 Å². The monoisotopic (exact) mass is 319 g/mol. The molecular formula is C16H25N5O2. The molecule has 0 aliphatic heterocycles. The molecule has 0 aliphatic rings. The van der Waals surface area contributed by atoms with Crippen LogP contribution >= 0.6 is 0 Å². The van der Waals surface area contributed by atoms with Gasteiger partial charge in [-0.1, -0.05) is 0 Å². The van der Waals surface area contributed by atoms with E-state index in [0.29, 0.717) is 6.54 Å². The van der Waals surface area contributed by atoms with Crippen LogP contribution in [-0.4, -0.2) is 41.4 Å². The molecule has 0 aliphatic carbocycles. The number of aryl methyl sites for hydroxylation is 1. The molecule has 126 valence electrons. The summed E-state index contributed by atoms with van der Waals surface area (Å²) in [4.78, 5) is 14.2. The molecule has 0 radical (unpaired) electrons. The maximum absolute atomic E-state index is 12.1. The van der Waals surface area contributed by atoms with Crippen molar-refractivity contribution < 1.29 is 9.21 Å². The summed E-state index contributed by atoms with van der Waals surface area (Å²) in [6.45, 7) is 4.39. The molecule has 7 nitrogen and oxygen atoms in total. The molecule has 2 amide bonds. The van der Waals surface area contributed by atoms with Crippen LogP contribution in [0.3, 0.4) is 0 Å². The Morgan fingerprint density at radius 2 is 2.22 bits per heavy atom. The van der Waals surface area contributed by atoms with E-state index in [1.807, 2.05) is 52.0 Å². The van der Waals surface area contributed by atoms with Crippen LogP contribution < -0.4 is 10.6 Å². The second-order valence-corrected chi connectivity index (χ2v) is 5.88. The molecule has 23 heavy (non-hydrogen) atoms. The predicted octanol–water partition coefficient (Wildman–Crippen LogP) is 1.98. The Kier molecular flexibility index (Phi) is 5.44. The average Bonchev–Trinajstić information content (AvgIpc) is 3.10. The number of furan rings is 1. The molecule has 0 bridgehead atoms. The van der Waals surface area contributed by atoms with Crippen LogP contribution in [0.1, 0.15) is 36.0 Å². The van der Waals surface area contributed by atoms with Gasteiger partial charge in [0.05, 0.1) is 24.5 Å². The summed E-state index contributed by atoms with van der Waals surface area (Å²) in [5.74, 6) is 0.825. The third-order valence-electron chi connectivity index (χ3n) is 4.04. The summed E-state index contributed by atoms with van der Waals surface area (Å²) in [5, 5.41) is 10.0. The number of nitrogens with zero attached hydrogens (tertiary/aromatic N) is 3. The fraction of sp³-hybridized carbons (Fsp3) is 0.500. The Morgan fingerprint density at radius 1 is 1.48 bits per heavy atom. The highest BCUT2D eigenvalue weighted by molar-refractivity contribution is 5.74. The zero-order valence-corrected chi connectivity index (χ0v) is 14.3. The second kappa shape index (κ2) is 7.32. The smallest absolute Gasteiger partial charge is 0.315 e. The molecule has 2 heterocycles. The normalized spacial score (nSPS) is 13.8. The standard InChI is InChI=1S/C16H25N5O2/c1-11(13-9-18-21(5)12(13)2)19-16(22)17-10-14(20(3)4)15-7-6-8-23-15/h6-9,11,14H,10H2,1-5H3,(H2,17,19,22)/t11-,14-/m0/s1. The molecule has 0 saturated heterocycles. The Bertz CT molecular complexity index is 633. The molecule has 2 rings (SSSR count). The molecule has 0 fully saturated rings. The van der Waals surface area contributed by atoms with Gasteiger partial charge in [-0.3, -0.25) is 9.58 Å². The Balaban J connectivity index is 1.90. The van der Waals surface area contributed by atoms with Gasteiger partial charge in [0.25, 0.3) is 0 Å². The lowest BCUT2D eigenvalue weighted by Crippen LogP contribution is -2.41. The molecule has 0 spiro atoms. The van der Waals surface area contributed by atoms with Crippen molar-refractivity contribution in [3.8, 4) is 0 Å². The summed E-state index contributed by atoms with van der Waals surface area (Å²) in [6, 6.07) is 3.43. The molecule has 0 saturated carbocycles. The second-order valence-electron chi connectivity index (χ2n) is 5.88. The van der Waals surface area contributed by atoms with E-state index >= 15 is 0 Å². The summed E-state index contributed by atoms with van der Waals surface area (Å²) >= 11 is 0. The maximum Gasteiger partial charge on any atom is 0.315 e. The van der Waals surface area contributed by atoms with Gasteiger partial charge in [0.1, 0.15) is 5.76 Å². The van der Waals surface area contributed by atoms with Gasteiger partial charge in [-0.2, -0.15) is 5.10 Å².